The number of ether oxygens (including phenoxy) is 2. The molecule has 2 aliphatic rings. The summed E-state index contributed by atoms with van der Waals surface area (Å²) in [5.41, 5.74) is 7.19. The van der Waals surface area contributed by atoms with Crippen LogP contribution < -0.4 is 20.5 Å². The standard InChI is InChI=1S/C26H22F2N4O4/c1-32-23(34)26(31-25(32)29,17-6-8-20(9-7-17)36-24(27)28)18-3-2-4-19(14-18)30-22(33)16-5-10-21-15(13-16)11-12-35-21/h2-10,13-14,24H,11-12H2,1H3,(H2,29,31)(H,30,33). The molecular weight excluding hydrogens is 470 g/mol. The van der Waals surface area contributed by atoms with Crippen molar-refractivity contribution < 1.29 is 27.8 Å². The molecule has 0 spiro atoms. The van der Waals surface area contributed by atoms with Crippen molar-refractivity contribution in [2.24, 2.45) is 10.7 Å². The summed E-state index contributed by atoms with van der Waals surface area (Å²) >= 11 is 0. The van der Waals surface area contributed by atoms with Gasteiger partial charge in [-0.2, -0.15) is 8.78 Å². The summed E-state index contributed by atoms with van der Waals surface area (Å²) in [6.45, 7) is -2.39. The average molecular weight is 492 g/mol. The third kappa shape index (κ3) is 4.00. The molecule has 2 aliphatic heterocycles. The van der Waals surface area contributed by atoms with Gasteiger partial charge in [0.1, 0.15) is 11.5 Å². The van der Waals surface area contributed by atoms with Crippen LogP contribution in [-0.4, -0.2) is 42.9 Å². The van der Waals surface area contributed by atoms with Crippen molar-refractivity contribution in [2.45, 2.75) is 18.6 Å². The molecule has 8 nitrogen and oxygen atoms in total. The highest BCUT2D eigenvalue weighted by Crippen LogP contribution is 2.40. The molecule has 0 saturated heterocycles. The van der Waals surface area contributed by atoms with E-state index in [0.29, 0.717) is 29.0 Å². The van der Waals surface area contributed by atoms with Crippen molar-refractivity contribution in [3.63, 3.8) is 0 Å². The molecule has 0 aliphatic carbocycles. The van der Waals surface area contributed by atoms with Gasteiger partial charge in [0.2, 0.25) is 0 Å². The number of likely N-dealkylation sites (N-methyl/N-ethyl adjacent to an activating group) is 1. The first-order valence-electron chi connectivity index (χ1n) is 11.1. The maximum atomic E-state index is 13.4. The number of hydrogen-bond acceptors (Lipinski definition) is 6. The molecule has 2 heterocycles. The molecule has 2 amide bonds. The number of rotatable bonds is 6. The molecule has 3 aromatic carbocycles. The lowest BCUT2D eigenvalue weighted by Crippen LogP contribution is -2.41. The van der Waals surface area contributed by atoms with Crippen LogP contribution in [0.25, 0.3) is 0 Å². The molecule has 5 rings (SSSR count). The van der Waals surface area contributed by atoms with Crippen LogP contribution in [0.4, 0.5) is 14.5 Å². The Morgan fingerprint density at radius 1 is 1.14 bits per heavy atom. The van der Waals surface area contributed by atoms with Crippen molar-refractivity contribution in [3.05, 3.63) is 89.0 Å². The Morgan fingerprint density at radius 3 is 2.61 bits per heavy atom. The van der Waals surface area contributed by atoms with Crippen molar-refractivity contribution in [3.8, 4) is 11.5 Å². The number of amides is 2. The third-order valence-corrected chi connectivity index (χ3v) is 6.23. The third-order valence-electron chi connectivity index (χ3n) is 6.23. The SMILES string of the molecule is CN1C(=O)C(c2ccc(OC(F)F)cc2)(c2cccc(NC(=O)c3ccc4c(c3)CCO4)c2)N=C1N. The van der Waals surface area contributed by atoms with E-state index in [9.17, 15) is 18.4 Å². The van der Waals surface area contributed by atoms with Crippen LogP contribution in [0, 0.1) is 0 Å². The van der Waals surface area contributed by atoms with Crippen LogP contribution in [0.15, 0.2) is 71.7 Å². The van der Waals surface area contributed by atoms with Gasteiger partial charge in [-0.1, -0.05) is 24.3 Å². The second-order valence-corrected chi connectivity index (χ2v) is 8.40. The topological polar surface area (TPSA) is 106 Å². The van der Waals surface area contributed by atoms with E-state index in [1.807, 2.05) is 0 Å². The highest BCUT2D eigenvalue weighted by Gasteiger charge is 2.49. The normalized spacial score (nSPS) is 18.6. The number of fused-ring (bicyclic) bond motifs is 1. The van der Waals surface area contributed by atoms with Crippen LogP contribution in [-0.2, 0) is 16.8 Å². The lowest BCUT2D eigenvalue weighted by atomic mass is 9.82. The highest BCUT2D eigenvalue weighted by atomic mass is 19.3. The summed E-state index contributed by atoms with van der Waals surface area (Å²) < 4.78 is 35.1. The van der Waals surface area contributed by atoms with Crippen LogP contribution in [0.2, 0.25) is 0 Å². The minimum atomic E-state index is -2.98. The Labute approximate surface area is 205 Å². The fourth-order valence-corrected chi connectivity index (χ4v) is 4.41. The number of benzene rings is 3. The number of anilines is 1. The Balaban J connectivity index is 1.49. The summed E-state index contributed by atoms with van der Waals surface area (Å²) in [4.78, 5) is 32.1. The summed E-state index contributed by atoms with van der Waals surface area (Å²) in [7, 11) is 1.50. The minimum Gasteiger partial charge on any atom is -0.493 e. The number of aliphatic imine (C=N–C) groups is 1. The van der Waals surface area contributed by atoms with Crippen LogP contribution in [0.1, 0.15) is 27.0 Å². The van der Waals surface area contributed by atoms with Gasteiger partial charge in [0, 0.05) is 24.7 Å². The second-order valence-electron chi connectivity index (χ2n) is 8.40. The Bertz CT molecular complexity index is 1380. The number of alkyl halides is 2. The zero-order valence-electron chi connectivity index (χ0n) is 19.2. The first kappa shape index (κ1) is 23.3. The van der Waals surface area contributed by atoms with Gasteiger partial charge in [-0.25, -0.2) is 4.99 Å². The molecular formula is C26H22F2N4O4. The predicted octanol–water partition coefficient (Wildman–Crippen LogP) is 3.51. The zero-order chi connectivity index (χ0) is 25.4. The fraction of sp³-hybridized carbons (Fsp3) is 0.192. The molecule has 36 heavy (non-hydrogen) atoms. The Morgan fingerprint density at radius 2 is 1.92 bits per heavy atom. The van der Waals surface area contributed by atoms with Gasteiger partial charge in [-0.3, -0.25) is 14.5 Å². The maximum Gasteiger partial charge on any atom is 0.387 e. The van der Waals surface area contributed by atoms with Crippen LogP contribution >= 0.6 is 0 Å². The number of nitrogens with zero attached hydrogens (tertiary/aromatic N) is 2. The van der Waals surface area contributed by atoms with E-state index in [1.165, 1.54) is 36.2 Å². The number of guanidine groups is 1. The first-order valence-corrected chi connectivity index (χ1v) is 11.1. The maximum absolute atomic E-state index is 13.4. The zero-order valence-corrected chi connectivity index (χ0v) is 19.2. The molecule has 0 fully saturated rings. The van der Waals surface area contributed by atoms with Gasteiger partial charge in [-0.05, 0) is 59.2 Å². The fourth-order valence-electron chi connectivity index (χ4n) is 4.41. The van der Waals surface area contributed by atoms with Gasteiger partial charge >= 0.3 is 6.61 Å². The van der Waals surface area contributed by atoms with Gasteiger partial charge in [0.05, 0.1) is 6.61 Å². The van der Waals surface area contributed by atoms with Gasteiger partial charge in [0.25, 0.3) is 11.8 Å². The summed E-state index contributed by atoms with van der Waals surface area (Å²) in [6, 6.07) is 17.6. The number of halogens is 2. The summed E-state index contributed by atoms with van der Waals surface area (Å²) in [5, 5.41) is 2.86. The van der Waals surface area contributed by atoms with Crippen molar-refractivity contribution in [2.75, 3.05) is 19.0 Å². The minimum absolute atomic E-state index is 0.00251. The predicted molar refractivity (Wildman–Crippen MR) is 128 cm³/mol. The van der Waals surface area contributed by atoms with Crippen LogP contribution in [0.3, 0.4) is 0 Å². The molecule has 3 aromatic rings. The molecule has 0 saturated carbocycles. The monoisotopic (exact) mass is 492 g/mol. The molecule has 1 unspecified atom stereocenters. The van der Waals surface area contributed by atoms with E-state index in [2.05, 4.69) is 15.0 Å². The lowest BCUT2D eigenvalue weighted by Gasteiger charge is -2.26. The van der Waals surface area contributed by atoms with Gasteiger partial charge in [-0.15, -0.1) is 0 Å². The van der Waals surface area contributed by atoms with E-state index in [0.717, 1.165) is 17.7 Å². The molecule has 0 bridgehead atoms. The molecule has 184 valence electrons. The van der Waals surface area contributed by atoms with Crippen molar-refractivity contribution >= 4 is 23.5 Å². The lowest BCUT2D eigenvalue weighted by molar-refractivity contribution is -0.129. The Kier molecular flexibility index (Phi) is 5.79. The van der Waals surface area contributed by atoms with E-state index in [4.69, 9.17) is 10.5 Å². The second kappa shape index (κ2) is 8.95. The summed E-state index contributed by atoms with van der Waals surface area (Å²) in [6.07, 6.45) is 0.741. The largest absolute Gasteiger partial charge is 0.493 e. The molecule has 3 N–H and O–H groups in total. The number of carbonyl (C=O) groups excluding carboxylic acids is 2. The van der Waals surface area contributed by atoms with E-state index in [-0.39, 0.29) is 17.6 Å². The van der Waals surface area contributed by atoms with Gasteiger partial charge in [0.15, 0.2) is 11.5 Å². The summed E-state index contributed by atoms with van der Waals surface area (Å²) in [5.74, 6) is -0.0187. The number of nitrogens with one attached hydrogen (secondary N) is 1. The number of carbonyl (C=O) groups is 2. The average Bonchev–Trinajstić information content (AvgIpc) is 3.43. The number of nitrogens with two attached hydrogens (primary N) is 1. The Hall–Kier alpha value is -4.47. The van der Waals surface area contributed by atoms with Crippen LogP contribution in [0.5, 0.6) is 11.5 Å². The van der Waals surface area contributed by atoms with Gasteiger partial charge < -0.3 is 20.5 Å². The number of hydrogen-bond donors (Lipinski definition) is 2. The van der Waals surface area contributed by atoms with E-state index >= 15 is 0 Å². The van der Waals surface area contributed by atoms with E-state index in [1.54, 1.807) is 42.5 Å². The molecule has 1 atom stereocenters. The smallest absolute Gasteiger partial charge is 0.387 e. The highest BCUT2D eigenvalue weighted by molar-refractivity contribution is 6.09. The van der Waals surface area contributed by atoms with Crippen molar-refractivity contribution in [1.82, 2.24) is 4.90 Å². The van der Waals surface area contributed by atoms with Crippen molar-refractivity contribution in [1.29, 1.82) is 0 Å². The first-order chi connectivity index (χ1) is 17.3. The molecule has 0 radical (unpaired) electrons. The van der Waals surface area contributed by atoms with E-state index < -0.39 is 18.1 Å². The molecule has 0 aromatic heterocycles. The quantitative estimate of drug-likeness (QED) is 0.548. The molecule has 10 heteroatoms.